The summed E-state index contributed by atoms with van der Waals surface area (Å²) in [4.78, 5) is 17.0. The van der Waals surface area contributed by atoms with Gasteiger partial charge in [0.2, 0.25) is 5.91 Å². The van der Waals surface area contributed by atoms with Crippen molar-refractivity contribution in [3.8, 4) is 0 Å². The molecule has 3 aliphatic rings. The number of hydrogen-bond acceptors (Lipinski definition) is 2. The summed E-state index contributed by atoms with van der Waals surface area (Å²) in [6.07, 6.45) is 8.62. The molecule has 0 unspecified atom stereocenters. The van der Waals surface area contributed by atoms with E-state index < -0.39 is 0 Å². The van der Waals surface area contributed by atoms with Crippen LogP contribution in [0.3, 0.4) is 0 Å². The van der Waals surface area contributed by atoms with E-state index in [1.807, 2.05) is 0 Å². The molecular formula is C22H32N2O. The van der Waals surface area contributed by atoms with E-state index in [2.05, 4.69) is 40.1 Å². The first-order chi connectivity index (χ1) is 12.2. The molecule has 0 N–H and O–H groups in total. The molecule has 0 bridgehead atoms. The highest BCUT2D eigenvalue weighted by atomic mass is 16.2. The van der Waals surface area contributed by atoms with Gasteiger partial charge in [0.1, 0.15) is 0 Å². The second kappa shape index (κ2) is 7.49. The molecule has 25 heavy (non-hydrogen) atoms. The van der Waals surface area contributed by atoms with E-state index in [1.54, 1.807) is 6.92 Å². The molecule has 2 heterocycles. The highest BCUT2D eigenvalue weighted by Crippen LogP contribution is 2.45. The summed E-state index contributed by atoms with van der Waals surface area (Å²) in [6.45, 7) is 6.29. The Hall–Kier alpha value is -1.35. The summed E-state index contributed by atoms with van der Waals surface area (Å²) in [7, 11) is 0. The Balaban J connectivity index is 1.41. The predicted molar refractivity (Wildman–Crippen MR) is 101 cm³/mol. The van der Waals surface area contributed by atoms with Crippen molar-refractivity contribution in [2.45, 2.75) is 51.5 Å². The Labute approximate surface area is 152 Å². The average molecular weight is 341 g/mol. The third-order valence-corrected chi connectivity index (χ3v) is 6.86. The second-order valence-electron chi connectivity index (χ2n) is 8.50. The van der Waals surface area contributed by atoms with Crippen LogP contribution in [0, 0.1) is 17.8 Å². The highest BCUT2D eigenvalue weighted by Gasteiger charge is 2.48. The topological polar surface area (TPSA) is 23.6 Å². The van der Waals surface area contributed by atoms with Crippen molar-refractivity contribution in [3.63, 3.8) is 0 Å². The minimum atomic E-state index is 0.233. The Morgan fingerprint density at radius 1 is 1.04 bits per heavy atom. The first kappa shape index (κ1) is 17.1. The maximum absolute atomic E-state index is 12.2. The third kappa shape index (κ3) is 3.62. The molecule has 1 amide bonds. The Bertz CT molecular complexity index is 581. The van der Waals surface area contributed by atoms with E-state index in [1.165, 1.54) is 63.7 Å². The number of hydrogen-bond donors (Lipinski definition) is 0. The number of amides is 1. The van der Waals surface area contributed by atoms with Crippen LogP contribution in [0.2, 0.25) is 0 Å². The molecule has 2 saturated heterocycles. The van der Waals surface area contributed by atoms with Crippen LogP contribution in [0.25, 0.3) is 0 Å². The largest absolute Gasteiger partial charge is 0.335 e. The summed E-state index contributed by atoms with van der Waals surface area (Å²) in [5.41, 5.74) is 1.32. The first-order valence-electron chi connectivity index (χ1n) is 10.3. The van der Waals surface area contributed by atoms with E-state index >= 15 is 0 Å². The van der Waals surface area contributed by atoms with Gasteiger partial charge in [0.25, 0.3) is 0 Å². The van der Waals surface area contributed by atoms with Crippen molar-refractivity contribution in [1.29, 1.82) is 0 Å². The summed E-state index contributed by atoms with van der Waals surface area (Å²) in [6, 6.07) is 11.0. The molecule has 3 atom stereocenters. The van der Waals surface area contributed by atoms with Gasteiger partial charge in [-0.25, -0.2) is 0 Å². The molecule has 1 aliphatic carbocycles. The van der Waals surface area contributed by atoms with Crippen molar-refractivity contribution < 1.29 is 4.79 Å². The molecule has 0 spiro atoms. The fraction of sp³-hybridized carbons (Fsp3) is 0.682. The molecule has 136 valence electrons. The molecular weight excluding hydrogens is 308 g/mol. The first-order valence-corrected chi connectivity index (χ1v) is 10.3. The maximum atomic E-state index is 12.2. The van der Waals surface area contributed by atoms with Gasteiger partial charge in [-0.2, -0.15) is 0 Å². The van der Waals surface area contributed by atoms with Crippen LogP contribution in [0.4, 0.5) is 0 Å². The van der Waals surface area contributed by atoms with Crippen molar-refractivity contribution >= 4 is 5.91 Å². The summed E-state index contributed by atoms with van der Waals surface area (Å²) in [5.74, 6) is 2.46. The molecule has 2 aliphatic heterocycles. The summed E-state index contributed by atoms with van der Waals surface area (Å²) in [5, 5.41) is 0. The van der Waals surface area contributed by atoms with Gasteiger partial charge in [-0.05, 0) is 30.4 Å². The molecule has 1 aromatic rings. The van der Waals surface area contributed by atoms with Gasteiger partial charge < -0.3 is 9.80 Å². The van der Waals surface area contributed by atoms with Crippen molar-refractivity contribution in [1.82, 2.24) is 9.80 Å². The molecule has 3 nitrogen and oxygen atoms in total. The van der Waals surface area contributed by atoms with Gasteiger partial charge in [-0.3, -0.25) is 4.79 Å². The van der Waals surface area contributed by atoms with Gasteiger partial charge in [0, 0.05) is 32.5 Å². The number of fused-ring (bicyclic) bond motifs is 1. The predicted octanol–water partition coefficient (Wildman–Crippen LogP) is 4.11. The molecule has 0 aromatic heterocycles. The number of likely N-dealkylation sites (tertiary alicyclic amines) is 2. The van der Waals surface area contributed by atoms with Crippen LogP contribution in [-0.4, -0.2) is 41.9 Å². The molecule has 4 rings (SSSR count). The lowest BCUT2D eigenvalue weighted by molar-refractivity contribution is -0.130. The molecule has 3 fully saturated rings. The zero-order chi connectivity index (χ0) is 17.2. The van der Waals surface area contributed by atoms with Crippen molar-refractivity contribution in [3.05, 3.63) is 35.9 Å². The standard InChI is InChI=1S/C22H32N2O/c1-17(25)24-15-20-14-23(13-12-18-8-4-2-5-9-18)16-21(20)22(24)19-10-6-3-7-11-19/h3,6-7,10-11,18,20-22H,2,4-5,8-9,12-16H2,1H3/t20-,21-,22-/m1/s1. The normalized spacial score (nSPS) is 30.6. The smallest absolute Gasteiger partial charge is 0.219 e. The van der Waals surface area contributed by atoms with E-state index in [0.717, 1.165) is 12.5 Å². The highest BCUT2D eigenvalue weighted by molar-refractivity contribution is 5.74. The van der Waals surface area contributed by atoms with Gasteiger partial charge in [-0.15, -0.1) is 0 Å². The van der Waals surface area contributed by atoms with Crippen LogP contribution in [0.15, 0.2) is 30.3 Å². The zero-order valence-corrected chi connectivity index (χ0v) is 15.6. The number of rotatable bonds is 4. The Morgan fingerprint density at radius 3 is 2.52 bits per heavy atom. The molecule has 0 radical (unpaired) electrons. The third-order valence-electron chi connectivity index (χ3n) is 6.86. The number of carbonyl (C=O) groups is 1. The minimum absolute atomic E-state index is 0.233. The summed E-state index contributed by atoms with van der Waals surface area (Å²) < 4.78 is 0. The quantitative estimate of drug-likeness (QED) is 0.823. The lowest BCUT2D eigenvalue weighted by atomic mass is 9.87. The molecule has 3 heteroatoms. The summed E-state index contributed by atoms with van der Waals surface area (Å²) >= 11 is 0. The number of carbonyl (C=O) groups excluding carboxylic acids is 1. The van der Waals surface area contributed by atoms with Crippen LogP contribution >= 0.6 is 0 Å². The lowest BCUT2D eigenvalue weighted by Gasteiger charge is -2.30. The molecule has 1 aromatic carbocycles. The van der Waals surface area contributed by atoms with Gasteiger partial charge in [0.15, 0.2) is 0 Å². The fourth-order valence-electron chi connectivity index (χ4n) is 5.56. The Kier molecular flexibility index (Phi) is 5.12. The van der Waals surface area contributed by atoms with E-state index in [4.69, 9.17) is 0 Å². The van der Waals surface area contributed by atoms with Gasteiger partial charge in [-0.1, -0.05) is 62.4 Å². The van der Waals surface area contributed by atoms with Gasteiger partial charge >= 0.3 is 0 Å². The number of nitrogens with zero attached hydrogens (tertiary/aromatic N) is 2. The minimum Gasteiger partial charge on any atom is -0.335 e. The zero-order valence-electron chi connectivity index (χ0n) is 15.6. The van der Waals surface area contributed by atoms with E-state index in [-0.39, 0.29) is 11.9 Å². The van der Waals surface area contributed by atoms with E-state index in [0.29, 0.717) is 11.8 Å². The monoisotopic (exact) mass is 340 g/mol. The van der Waals surface area contributed by atoms with Crippen LogP contribution in [0.1, 0.15) is 57.1 Å². The van der Waals surface area contributed by atoms with Crippen LogP contribution in [-0.2, 0) is 4.79 Å². The SMILES string of the molecule is CC(=O)N1C[C@H]2CN(CCC3CCCCC3)C[C@H]2[C@H]1c1ccccc1. The van der Waals surface area contributed by atoms with Crippen LogP contribution < -0.4 is 0 Å². The fourth-order valence-corrected chi connectivity index (χ4v) is 5.56. The maximum Gasteiger partial charge on any atom is 0.219 e. The lowest BCUT2D eigenvalue weighted by Crippen LogP contribution is -2.34. The molecule has 1 saturated carbocycles. The number of benzene rings is 1. The van der Waals surface area contributed by atoms with Gasteiger partial charge in [0.05, 0.1) is 6.04 Å². The average Bonchev–Trinajstić information content (AvgIpc) is 3.19. The van der Waals surface area contributed by atoms with Crippen molar-refractivity contribution in [2.24, 2.45) is 17.8 Å². The second-order valence-corrected chi connectivity index (χ2v) is 8.50. The van der Waals surface area contributed by atoms with Crippen molar-refractivity contribution in [2.75, 3.05) is 26.2 Å². The van der Waals surface area contributed by atoms with Crippen LogP contribution in [0.5, 0.6) is 0 Å². The Morgan fingerprint density at radius 2 is 1.80 bits per heavy atom. The van der Waals surface area contributed by atoms with E-state index in [9.17, 15) is 4.79 Å².